The van der Waals surface area contributed by atoms with Crippen LogP contribution in [0, 0.1) is 5.92 Å². The second kappa shape index (κ2) is 9.23. The van der Waals surface area contributed by atoms with E-state index in [1.165, 1.54) is 0 Å². The molecular formula is C21H25N5O2. The summed E-state index contributed by atoms with van der Waals surface area (Å²) in [5, 5.41) is 23.9. The van der Waals surface area contributed by atoms with Gasteiger partial charge in [0, 0.05) is 12.5 Å². The summed E-state index contributed by atoms with van der Waals surface area (Å²) in [6.45, 7) is 2.49. The quantitative estimate of drug-likeness (QED) is 0.526. The van der Waals surface area contributed by atoms with Crippen LogP contribution in [0.5, 0.6) is 0 Å². The number of carbonyl (C=O) groups is 1. The number of H-pyrrole nitrogens is 1. The van der Waals surface area contributed by atoms with Crippen molar-refractivity contribution in [3.8, 4) is 11.1 Å². The number of rotatable bonds is 9. The smallest absolute Gasteiger partial charge is 0.307 e. The molecule has 7 heteroatoms. The fourth-order valence-corrected chi connectivity index (χ4v) is 3.51. The van der Waals surface area contributed by atoms with Gasteiger partial charge in [-0.1, -0.05) is 61.0 Å². The number of nitrogens with zero attached hydrogens (tertiary/aromatic N) is 3. The maximum atomic E-state index is 11.8. The molecule has 7 nitrogen and oxygen atoms in total. The fraction of sp³-hybridized carbons (Fsp3) is 0.333. The van der Waals surface area contributed by atoms with Crippen LogP contribution in [0.4, 0.5) is 0 Å². The first-order chi connectivity index (χ1) is 13.6. The van der Waals surface area contributed by atoms with Gasteiger partial charge in [0.2, 0.25) is 0 Å². The van der Waals surface area contributed by atoms with Crippen molar-refractivity contribution in [2.24, 2.45) is 11.7 Å². The van der Waals surface area contributed by atoms with Crippen LogP contribution in [0.3, 0.4) is 0 Å². The van der Waals surface area contributed by atoms with Crippen molar-refractivity contribution in [3.63, 3.8) is 0 Å². The standard InChI is InChI=1S/C21H25N5O2/c1-2-4-18(21(27)28)19(20-23-25-26-24-20)12-14-7-9-16(10-8-14)17-6-3-5-15(11-17)13-22/h3,5-11,18-19H,2,4,12-13,22H2,1H3,(H,27,28)(H,23,24,25,26)/t18-,19-/m0/s1. The number of benzene rings is 2. The van der Waals surface area contributed by atoms with E-state index < -0.39 is 11.9 Å². The molecule has 3 rings (SSSR count). The summed E-state index contributed by atoms with van der Waals surface area (Å²) in [6.07, 6.45) is 1.89. The molecule has 0 radical (unpaired) electrons. The average Bonchev–Trinajstić information content (AvgIpc) is 3.25. The highest BCUT2D eigenvalue weighted by Crippen LogP contribution is 2.30. The predicted molar refractivity (Wildman–Crippen MR) is 106 cm³/mol. The molecule has 2 atom stereocenters. The van der Waals surface area contributed by atoms with Crippen molar-refractivity contribution in [1.29, 1.82) is 0 Å². The van der Waals surface area contributed by atoms with Crippen LogP contribution < -0.4 is 5.73 Å². The van der Waals surface area contributed by atoms with Gasteiger partial charge in [0.05, 0.1) is 5.92 Å². The number of aromatic amines is 1. The third kappa shape index (κ3) is 4.61. The summed E-state index contributed by atoms with van der Waals surface area (Å²) in [5.41, 5.74) is 10.1. The molecule has 2 aromatic carbocycles. The lowest BCUT2D eigenvalue weighted by atomic mass is 9.83. The molecule has 1 heterocycles. The Kier molecular flexibility index (Phi) is 6.49. The summed E-state index contributed by atoms with van der Waals surface area (Å²) < 4.78 is 0. The first-order valence-corrected chi connectivity index (χ1v) is 9.46. The minimum atomic E-state index is -0.827. The first-order valence-electron chi connectivity index (χ1n) is 9.46. The maximum Gasteiger partial charge on any atom is 0.307 e. The average molecular weight is 379 g/mol. The van der Waals surface area contributed by atoms with Crippen LogP contribution in [-0.4, -0.2) is 31.7 Å². The van der Waals surface area contributed by atoms with Crippen LogP contribution in [0.1, 0.15) is 42.6 Å². The molecule has 0 aliphatic rings. The summed E-state index contributed by atoms with van der Waals surface area (Å²) in [7, 11) is 0. The Bertz CT molecular complexity index is 893. The molecular weight excluding hydrogens is 354 g/mol. The molecule has 0 saturated heterocycles. The molecule has 28 heavy (non-hydrogen) atoms. The summed E-state index contributed by atoms with van der Waals surface area (Å²) in [6, 6.07) is 16.3. The van der Waals surface area contributed by atoms with Crippen molar-refractivity contribution in [2.45, 2.75) is 38.6 Å². The number of carboxylic acids is 1. The van der Waals surface area contributed by atoms with E-state index in [0.29, 0.717) is 25.2 Å². The highest BCUT2D eigenvalue weighted by atomic mass is 16.4. The number of nitrogens with two attached hydrogens (primary N) is 1. The zero-order valence-electron chi connectivity index (χ0n) is 15.9. The van der Waals surface area contributed by atoms with Gasteiger partial charge >= 0.3 is 5.97 Å². The lowest BCUT2D eigenvalue weighted by molar-refractivity contribution is -0.142. The molecule has 0 amide bonds. The van der Waals surface area contributed by atoms with Gasteiger partial charge in [-0.25, -0.2) is 0 Å². The van der Waals surface area contributed by atoms with Gasteiger partial charge in [0.25, 0.3) is 0 Å². The Labute approximate surface area is 164 Å². The third-order valence-corrected chi connectivity index (χ3v) is 5.00. The lowest BCUT2D eigenvalue weighted by Crippen LogP contribution is -2.25. The highest BCUT2D eigenvalue weighted by molar-refractivity contribution is 5.71. The summed E-state index contributed by atoms with van der Waals surface area (Å²) in [5.74, 6) is -1.27. The Morgan fingerprint density at radius 2 is 1.93 bits per heavy atom. The molecule has 1 aromatic heterocycles. The van der Waals surface area contributed by atoms with Gasteiger partial charge in [-0.2, -0.15) is 5.21 Å². The largest absolute Gasteiger partial charge is 0.481 e. The van der Waals surface area contributed by atoms with Crippen molar-refractivity contribution < 1.29 is 9.90 Å². The number of aliphatic carboxylic acids is 1. The summed E-state index contributed by atoms with van der Waals surface area (Å²) in [4.78, 5) is 11.8. The van der Waals surface area contributed by atoms with Crippen LogP contribution in [0.15, 0.2) is 48.5 Å². The first kappa shape index (κ1) is 19.7. The minimum absolute atomic E-state index is 0.331. The Balaban J connectivity index is 1.84. The molecule has 3 aromatic rings. The number of carboxylic acid groups (broad SMARTS) is 1. The second-order valence-corrected chi connectivity index (χ2v) is 6.92. The van der Waals surface area contributed by atoms with E-state index in [1.807, 2.05) is 43.3 Å². The molecule has 0 spiro atoms. The van der Waals surface area contributed by atoms with E-state index in [4.69, 9.17) is 5.73 Å². The molecule has 146 valence electrons. The van der Waals surface area contributed by atoms with Gasteiger partial charge in [-0.05, 0) is 41.2 Å². The SMILES string of the molecule is CCC[C@H](C(=O)O)[C@H](Cc1ccc(-c2cccc(CN)c2)cc1)c1nn[nH]n1. The number of aromatic nitrogens is 4. The van der Waals surface area contributed by atoms with E-state index in [2.05, 4.69) is 32.8 Å². The number of hydrogen-bond donors (Lipinski definition) is 3. The molecule has 4 N–H and O–H groups in total. The Morgan fingerprint density at radius 3 is 2.54 bits per heavy atom. The number of hydrogen-bond acceptors (Lipinski definition) is 5. The highest BCUT2D eigenvalue weighted by Gasteiger charge is 2.31. The van der Waals surface area contributed by atoms with Gasteiger partial charge in [-0.3, -0.25) is 4.79 Å². The number of nitrogens with one attached hydrogen (secondary N) is 1. The normalized spacial score (nSPS) is 13.2. The molecule has 0 bridgehead atoms. The van der Waals surface area contributed by atoms with Gasteiger partial charge in [0.1, 0.15) is 0 Å². The van der Waals surface area contributed by atoms with Crippen LogP contribution in [0.2, 0.25) is 0 Å². The zero-order chi connectivity index (χ0) is 19.9. The zero-order valence-corrected chi connectivity index (χ0v) is 15.9. The second-order valence-electron chi connectivity index (χ2n) is 6.92. The maximum absolute atomic E-state index is 11.8. The van der Waals surface area contributed by atoms with Crippen molar-refractivity contribution in [2.75, 3.05) is 0 Å². The van der Waals surface area contributed by atoms with Crippen molar-refractivity contribution >= 4 is 5.97 Å². The molecule has 0 unspecified atom stereocenters. The van der Waals surface area contributed by atoms with E-state index >= 15 is 0 Å². The molecule has 0 aliphatic heterocycles. The van der Waals surface area contributed by atoms with Crippen molar-refractivity contribution in [1.82, 2.24) is 20.6 Å². The van der Waals surface area contributed by atoms with Crippen molar-refractivity contribution in [3.05, 3.63) is 65.5 Å². The Morgan fingerprint density at radius 1 is 1.14 bits per heavy atom. The number of tetrazole rings is 1. The van der Waals surface area contributed by atoms with Gasteiger partial charge in [0.15, 0.2) is 5.82 Å². The van der Waals surface area contributed by atoms with E-state index in [-0.39, 0.29) is 5.92 Å². The van der Waals surface area contributed by atoms with Crippen LogP contribution in [0.25, 0.3) is 11.1 Å². The molecule has 0 aliphatic carbocycles. The fourth-order valence-electron chi connectivity index (χ4n) is 3.51. The minimum Gasteiger partial charge on any atom is -0.481 e. The third-order valence-electron chi connectivity index (χ3n) is 5.00. The monoisotopic (exact) mass is 379 g/mol. The van der Waals surface area contributed by atoms with Gasteiger partial charge < -0.3 is 10.8 Å². The van der Waals surface area contributed by atoms with E-state index in [0.717, 1.165) is 28.7 Å². The summed E-state index contributed by atoms with van der Waals surface area (Å²) >= 11 is 0. The molecule has 0 fully saturated rings. The van der Waals surface area contributed by atoms with Crippen LogP contribution in [-0.2, 0) is 17.8 Å². The van der Waals surface area contributed by atoms with E-state index in [1.54, 1.807) is 0 Å². The Hall–Kier alpha value is -3.06. The molecule has 0 saturated carbocycles. The topological polar surface area (TPSA) is 118 Å². The van der Waals surface area contributed by atoms with Gasteiger partial charge in [-0.15, -0.1) is 10.2 Å². The van der Waals surface area contributed by atoms with E-state index in [9.17, 15) is 9.90 Å². The lowest BCUT2D eigenvalue weighted by Gasteiger charge is -2.21. The predicted octanol–water partition coefficient (Wildman–Crippen LogP) is 3.15. The van der Waals surface area contributed by atoms with Crippen LogP contribution >= 0.6 is 0 Å².